The van der Waals surface area contributed by atoms with Crippen molar-refractivity contribution in [3.05, 3.63) is 78.2 Å². The zero-order valence-corrected chi connectivity index (χ0v) is 18.5. The molecule has 0 saturated heterocycles. The maximum Gasteiger partial charge on any atom is 0.269 e. The molecule has 4 rings (SSSR count). The number of benzene rings is 2. The highest BCUT2D eigenvalue weighted by Gasteiger charge is 2.14. The molecule has 0 saturated carbocycles. The van der Waals surface area contributed by atoms with E-state index in [1.807, 2.05) is 30.3 Å². The number of hydrogen-bond acceptors (Lipinski definition) is 6. The Morgan fingerprint density at radius 2 is 1.78 bits per heavy atom. The van der Waals surface area contributed by atoms with Gasteiger partial charge in [-0.2, -0.15) is 0 Å². The largest absolute Gasteiger partial charge is 0.457 e. The van der Waals surface area contributed by atoms with Gasteiger partial charge in [-0.05, 0) is 47.4 Å². The number of carbonyl (C=O) groups is 1. The van der Waals surface area contributed by atoms with Crippen molar-refractivity contribution in [2.24, 2.45) is 0 Å². The number of ether oxygens (including phenoxy) is 1. The van der Waals surface area contributed by atoms with Gasteiger partial charge in [0.25, 0.3) is 5.91 Å². The van der Waals surface area contributed by atoms with Crippen molar-refractivity contribution >= 4 is 28.4 Å². The van der Waals surface area contributed by atoms with E-state index in [2.05, 4.69) is 58.5 Å². The fourth-order valence-electron chi connectivity index (χ4n) is 3.19. The molecular weight excluding hydrogens is 402 g/mol. The molecule has 1 amide bonds. The molecule has 0 aliphatic carbocycles. The zero-order chi connectivity index (χ0) is 22.7. The van der Waals surface area contributed by atoms with Gasteiger partial charge in [-0.3, -0.25) is 9.78 Å². The van der Waals surface area contributed by atoms with E-state index in [-0.39, 0.29) is 11.3 Å². The van der Waals surface area contributed by atoms with Crippen molar-refractivity contribution in [3.63, 3.8) is 0 Å². The molecule has 2 heterocycles. The lowest BCUT2D eigenvalue weighted by Crippen LogP contribution is -2.18. The summed E-state index contributed by atoms with van der Waals surface area (Å²) >= 11 is 0. The van der Waals surface area contributed by atoms with Crippen LogP contribution >= 0.6 is 0 Å². The van der Waals surface area contributed by atoms with E-state index in [4.69, 9.17) is 4.74 Å². The molecule has 0 radical (unpaired) electrons. The Morgan fingerprint density at radius 1 is 0.969 bits per heavy atom. The number of anilines is 2. The van der Waals surface area contributed by atoms with Gasteiger partial charge in [0, 0.05) is 36.6 Å². The second kappa shape index (κ2) is 8.63. The lowest BCUT2D eigenvalue weighted by molar-refractivity contribution is 0.0958. The predicted molar refractivity (Wildman–Crippen MR) is 126 cm³/mol. The van der Waals surface area contributed by atoms with Crippen molar-refractivity contribution < 1.29 is 9.53 Å². The van der Waals surface area contributed by atoms with Crippen molar-refractivity contribution in [1.29, 1.82) is 0 Å². The number of amides is 1. The topological polar surface area (TPSA) is 89.0 Å². The first-order chi connectivity index (χ1) is 15.3. The number of rotatable bonds is 5. The van der Waals surface area contributed by atoms with Crippen LogP contribution in [-0.2, 0) is 5.41 Å². The van der Waals surface area contributed by atoms with Crippen LogP contribution in [0.4, 0.5) is 11.6 Å². The fraction of sp³-hybridized carbons (Fsp3) is 0.200. The van der Waals surface area contributed by atoms with Crippen LogP contribution in [0, 0.1) is 0 Å². The number of aromatic nitrogens is 3. The van der Waals surface area contributed by atoms with Gasteiger partial charge >= 0.3 is 0 Å². The van der Waals surface area contributed by atoms with Crippen molar-refractivity contribution in [3.8, 4) is 11.5 Å². The van der Waals surface area contributed by atoms with E-state index in [1.54, 1.807) is 25.4 Å². The average molecular weight is 428 g/mol. The van der Waals surface area contributed by atoms with Crippen LogP contribution in [0.3, 0.4) is 0 Å². The van der Waals surface area contributed by atoms with Crippen LogP contribution in [0.15, 0.2) is 67.0 Å². The van der Waals surface area contributed by atoms with E-state index < -0.39 is 0 Å². The fourth-order valence-corrected chi connectivity index (χ4v) is 3.19. The smallest absolute Gasteiger partial charge is 0.269 e. The summed E-state index contributed by atoms with van der Waals surface area (Å²) in [5, 5.41) is 6.68. The summed E-state index contributed by atoms with van der Waals surface area (Å²) in [6.45, 7) is 6.55. The van der Waals surface area contributed by atoms with Crippen LogP contribution < -0.4 is 15.4 Å². The van der Waals surface area contributed by atoms with Gasteiger partial charge in [0.05, 0.1) is 5.52 Å². The molecule has 0 atom stereocenters. The third-order valence-corrected chi connectivity index (χ3v) is 4.96. The number of pyridine rings is 1. The zero-order valence-electron chi connectivity index (χ0n) is 18.5. The van der Waals surface area contributed by atoms with Crippen molar-refractivity contribution in [2.45, 2.75) is 26.2 Å². The molecule has 162 valence electrons. The molecule has 2 N–H and O–H groups in total. The van der Waals surface area contributed by atoms with E-state index in [0.29, 0.717) is 23.1 Å². The van der Waals surface area contributed by atoms with Crippen LogP contribution in [0.1, 0.15) is 36.8 Å². The summed E-state index contributed by atoms with van der Waals surface area (Å²) in [6.07, 6.45) is 3.30. The molecule has 4 aromatic rings. The predicted octanol–water partition coefficient (Wildman–Crippen LogP) is 5.22. The highest BCUT2D eigenvalue weighted by Crippen LogP contribution is 2.27. The van der Waals surface area contributed by atoms with Crippen LogP contribution in [0.2, 0.25) is 0 Å². The Labute approximate surface area is 186 Å². The van der Waals surface area contributed by atoms with E-state index in [1.165, 1.54) is 11.8 Å². The number of nitrogens with one attached hydrogen (secondary N) is 2. The lowest BCUT2D eigenvalue weighted by Gasteiger charge is -2.19. The minimum Gasteiger partial charge on any atom is -0.457 e. The summed E-state index contributed by atoms with van der Waals surface area (Å²) in [6, 6.07) is 17.1. The van der Waals surface area contributed by atoms with Crippen LogP contribution in [0.5, 0.6) is 11.5 Å². The number of nitrogens with zero attached hydrogens (tertiary/aromatic N) is 3. The molecule has 7 nitrogen and oxygen atoms in total. The quantitative estimate of drug-likeness (QED) is 0.454. The van der Waals surface area contributed by atoms with Gasteiger partial charge in [0.1, 0.15) is 17.2 Å². The van der Waals surface area contributed by atoms with Gasteiger partial charge in [0.15, 0.2) is 0 Å². The van der Waals surface area contributed by atoms with Crippen LogP contribution in [0.25, 0.3) is 10.9 Å². The first-order valence-corrected chi connectivity index (χ1v) is 10.3. The Morgan fingerprint density at radius 3 is 2.56 bits per heavy atom. The van der Waals surface area contributed by atoms with Gasteiger partial charge in [0.2, 0.25) is 5.95 Å². The van der Waals surface area contributed by atoms with Gasteiger partial charge < -0.3 is 15.4 Å². The third-order valence-electron chi connectivity index (χ3n) is 4.96. The Bertz CT molecular complexity index is 1280. The third kappa shape index (κ3) is 4.83. The van der Waals surface area contributed by atoms with Crippen molar-refractivity contribution in [1.82, 2.24) is 20.3 Å². The number of fused-ring (bicyclic) bond motifs is 1. The Hall–Kier alpha value is -4.00. The minimum atomic E-state index is -0.268. The van der Waals surface area contributed by atoms with Gasteiger partial charge in [-0.1, -0.05) is 32.9 Å². The molecule has 0 unspecified atom stereocenters. The molecule has 0 bridgehead atoms. The molecule has 0 aliphatic rings. The molecule has 0 aliphatic heterocycles. The molecular formula is C25H25N5O2. The summed E-state index contributed by atoms with van der Waals surface area (Å²) < 4.78 is 5.90. The molecule has 32 heavy (non-hydrogen) atoms. The summed E-state index contributed by atoms with van der Waals surface area (Å²) in [5.74, 6) is 1.40. The normalized spacial score (nSPS) is 11.2. The van der Waals surface area contributed by atoms with Crippen molar-refractivity contribution in [2.75, 3.05) is 12.4 Å². The number of carbonyl (C=O) groups excluding carboxylic acids is 1. The van der Waals surface area contributed by atoms with Gasteiger partial charge in [-0.15, -0.1) is 0 Å². The van der Waals surface area contributed by atoms with Gasteiger partial charge in [-0.25, -0.2) is 9.97 Å². The van der Waals surface area contributed by atoms with E-state index in [0.717, 1.165) is 16.6 Å². The molecule has 0 fully saturated rings. The maximum atomic E-state index is 11.8. The molecule has 7 heteroatoms. The second-order valence-corrected chi connectivity index (χ2v) is 8.43. The minimum absolute atomic E-state index is 0.0637. The Balaban J connectivity index is 1.53. The summed E-state index contributed by atoms with van der Waals surface area (Å²) in [5.41, 5.74) is 3.33. The first-order valence-electron chi connectivity index (χ1n) is 10.3. The molecule has 2 aromatic carbocycles. The highest BCUT2D eigenvalue weighted by atomic mass is 16.5. The SMILES string of the molecule is CNC(=O)c1cc(Oc2ccc3nc(Nc4cccc(C(C)(C)C)c4)ncc3c2)ccn1. The lowest BCUT2D eigenvalue weighted by atomic mass is 9.87. The first kappa shape index (κ1) is 21.2. The highest BCUT2D eigenvalue weighted by molar-refractivity contribution is 5.92. The molecule has 2 aromatic heterocycles. The second-order valence-electron chi connectivity index (χ2n) is 8.43. The number of hydrogen-bond donors (Lipinski definition) is 2. The summed E-state index contributed by atoms with van der Waals surface area (Å²) in [4.78, 5) is 24.9. The maximum absolute atomic E-state index is 11.8. The molecule has 0 spiro atoms. The standard InChI is InChI=1S/C25H25N5O2/c1-25(2,3)17-6-5-7-18(13-17)29-24-28-15-16-12-19(8-9-21(16)30-24)32-20-10-11-27-22(14-20)23(31)26-4/h5-15H,1-4H3,(H,26,31)(H,28,29,30). The van der Waals surface area contributed by atoms with E-state index >= 15 is 0 Å². The average Bonchev–Trinajstić information content (AvgIpc) is 2.78. The van der Waals surface area contributed by atoms with E-state index in [9.17, 15) is 4.79 Å². The Kier molecular flexibility index (Phi) is 5.73. The monoisotopic (exact) mass is 427 g/mol. The summed E-state index contributed by atoms with van der Waals surface area (Å²) in [7, 11) is 1.56. The van der Waals surface area contributed by atoms with Crippen LogP contribution in [-0.4, -0.2) is 27.9 Å².